The average Bonchev–Trinajstić information content (AvgIpc) is 2.72. The first kappa shape index (κ1) is 11.6. The van der Waals surface area contributed by atoms with Crippen molar-refractivity contribution in [1.82, 2.24) is 5.32 Å². The summed E-state index contributed by atoms with van der Waals surface area (Å²) >= 11 is 0. The van der Waals surface area contributed by atoms with E-state index in [9.17, 15) is 9.18 Å². The van der Waals surface area contributed by atoms with Crippen molar-refractivity contribution >= 4 is 5.91 Å². The van der Waals surface area contributed by atoms with Gasteiger partial charge in [-0.15, -0.1) is 0 Å². The summed E-state index contributed by atoms with van der Waals surface area (Å²) in [6.45, 7) is 0. The number of carbonyl (C=O) groups excluding carboxylic acids is 1. The molecule has 0 radical (unpaired) electrons. The van der Waals surface area contributed by atoms with E-state index in [1.807, 2.05) is 24.3 Å². The van der Waals surface area contributed by atoms with Gasteiger partial charge < -0.3 is 5.73 Å². The Morgan fingerprint density at radius 1 is 1.25 bits per heavy atom. The Bertz CT molecular complexity index is 743. The molecule has 2 atom stereocenters. The van der Waals surface area contributed by atoms with Crippen LogP contribution < -0.4 is 11.1 Å². The molecule has 0 saturated carbocycles. The average molecular weight is 268 g/mol. The van der Waals surface area contributed by atoms with E-state index in [1.54, 1.807) is 6.07 Å². The van der Waals surface area contributed by atoms with Gasteiger partial charge in [0.1, 0.15) is 11.4 Å². The summed E-state index contributed by atoms with van der Waals surface area (Å²) in [6, 6.07) is 12.4. The Morgan fingerprint density at radius 3 is 2.85 bits per heavy atom. The zero-order chi connectivity index (χ0) is 13.9. The van der Waals surface area contributed by atoms with Crippen molar-refractivity contribution in [3.05, 3.63) is 70.5 Å². The lowest BCUT2D eigenvalue weighted by Crippen LogP contribution is -2.53. The van der Waals surface area contributed by atoms with Crippen LogP contribution in [0.4, 0.5) is 4.39 Å². The molecule has 2 aliphatic rings. The molecular formula is C16H13FN2O. The molecule has 100 valence electrons. The molecule has 1 amide bonds. The van der Waals surface area contributed by atoms with Crippen LogP contribution in [0, 0.1) is 5.82 Å². The molecular weight excluding hydrogens is 255 g/mol. The van der Waals surface area contributed by atoms with Crippen LogP contribution >= 0.6 is 0 Å². The molecule has 4 heteroatoms. The highest BCUT2D eigenvalue weighted by molar-refractivity contribution is 5.93. The third-order valence-corrected chi connectivity index (χ3v) is 4.40. The first-order chi connectivity index (χ1) is 9.63. The van der Waals surface area contributed by atoms with Gasteiger partial charge in [-0.25, -0.2) is 4.39 Å². The Hall–Kier alpha value is -2.20. The number of nitrogens with one attached hydrogen (secondary N) is 1. The summed E-state index contributed by atoms with van der Waals surface area (Å²) in [5.41, 5.74) is 8.14. The van der Waals surface area contributed by atoms with Crippen molar-refractivity contribution in [2.75, 3.05) is 0 Å². The SMILES string of the molecule is NC(=O)C12NC(Cc3ccc(F)cc31)c1ccccc12. The van der Waals surface area contributed by atoms with Crippen molar-refractivity contribution < 1.29 is 9.18 Å². The van der Waals surface area contributed by atoms with Gasteiger partial charge >= 0.3 is 0 Å². The van der Waals surface area contributed by atoms with Crippen molar-refractivity contribution in [1.29, 1.82) is 0 Å². The second-order valence-corrected chi connectivity index (χ2v) is 5.40. The van der Waals surface area contributed by atoms with Crippen LogP contribution in [0.2, 0.25) is 0 Å². The number of amides is 1. The smallest absolute Gasteiger partial charge is 0.247 e. The molecule has 3 N–H and O–H groups in total. The first-order valence-corrected chi connectivity index (χ1v) is 6.59. The van der Waals surface area contributed by atoms with E-state index in [-0.39, 0.29) is 11.9 Å². The normalized spacial score (nSPS) is 25.9. The van der Waals surface area contributed by atoms with Crippen LogP contribution in [0.15, 0.2) is 42.5 Å². The Morgan fingerprint density at radius 2 is 2.05 bits per heavy atom. The molecule has 2 aromatic carbocycles. The van der Waals surface area contributed by atoms with E-state index in [0.29, 0.717) is 5.56 Å². The van der Waals surface area contributed by atoms with Gasteiger partial charge in [0.05, 0.1) is 0 Å². The number of benzene rings is 2. The van der Waals surface area contributed by atoms with Crippen LogP contribution in [0.3, 0.4) is 0 Å². The molecule has 0 saturated heterocycles. The number of halogens is 1. The maximum Gasteiger partial charge on any atom is 0.247 e. The van der Waals surface area contributed by atoms with Crippen LogP contribution in [0.1, 0.15) is 28.3 Å². The number of fused-ring (bicyclic) bond motifs is 7. The molecule has 20 heavy (non-hydrogen) atoms. The van der Waals surface area contributed by atoms with E-state index in [0.717, 1.165) is 23.1 Å². The lowest BCUT2D eigenvalue weighted by molar-refractivity contribution is -0.123. The molecule has 4 rings (SSSR count). The molecule has 2 bridgehead atoms. The third kappa shape index (κ3) is 1.24. The van der Waals surface area contributed by atoms with E-state index in [4.69, 9.17) is 5.73 Å². The maximum atomic E-state index is 13.6. The molecule has 2 heterocycles. The summed E-state index contributed by atoms with van der Waals surface area (Å²) in [5.74, 6) is -0.840. The van der Waals surface area contributed by atoms with Gasteiger partial charge in [0.2, 0.25) is 5.91 Å². The lowest BCUT2D eigenvalue weighted by Gasteiger charge is -2.34. The molecule has 0 fully saturated rings. The second-order valence-electron chi connectivity index (χ2n) is 5.40. The van der Waals surface area contributed by atoms with Gasteiger partial charge in [0.25, 0.3) is 0 Å². The van der Waals surface area contributed by atoms with Crippen molar-refractivity contribution in [3.8, 4) is 0 Å². The van der Waals surface area contributed by atoms with E-state index in [2.05, 4.69) is 5.32 Å². The third-order valence-electron chi connectivity index (χ3n) is 4.40. The topological polar surface area (TPSA) is 55.1 Å². The molecule has 2 unspecified atom stereocenters. The molecule has 3 nitrogen and oxygen atoms in total. The highest BCUT2D eigenvalue weighted by Crippen LogP contribution is 2.48. The zero-order valence-electron chi connectivity index (χ0n) is 10.7. The second kappa shape index (κ2) is 3.67. The molecule has 2 aliphatic heterocycles. The van der Waals surface area contributed by atoms with Gasteiger partial charge in [0, 0.05) is 6.04 Å². The van der Waals surface area contributed by atoms with Crippen molar-refractivity contribution in [3.63, 3.8) is 0 Å². The fourth-order valence-electron chi connectivity index (χ4n) is 3.58. The fraction of sp³-hybridized carbons (Fsp3) is 0.188. The number of hydrogen-bond acceptors (Lipinski definition) is 2. The minimum Gasteiger partial charge on any atom is -0.367 e. The van der Waals surface area contributed by atoms with Crippen LogP contribution in [0.5, 0.6) is 0 Å². The summed E-state index contributed by atoms with van der Waals surface area (Å²) in [6.07, 6.45) is 0.738. The highest BCUT2D eigenvalue weighted by Gasteiger charge is 2.53. The van der Waals surface area contributed by atoms with E-state index in [1.165, 1.54) is 12.1 Å². The van der Waals surface area contributed by atoms with Gasteiger partial charge in [0.15, 0.2) is 0 Å². The quantitative estimate of drug-likeness (QED) is 0.828. The highest BCUT2D eigenvalue weighted by atomic mass is 19.1. The Labute approximate surface area is 115 Å². The predicted molar refractivity (Wildman–Crippen MR) is 72.4 cm³/mol. The molecule has 2 aromatic rings. The van der Waals surface area contributed by atoms with Gasteiger partial charge in [-0.05, 0) is 40.8 Å². The van der Waals surface area contributed by atoms with Gasteiger partial charge in [-0.3, -0.25) is 10.1 Å². The van der Waals surface area contributed by atoms with Crippen molar-refractivity contribution in [2.45, 2.75) is 18.0 Å². The van der Waals surface area contributed by atoms with Crippen LogP contribution in [0.25, 0.3) is 0 Å². The number of hydrogen-bond donors (Lipinski definition) is 2. The van der Waals surface area contributed by atoms with E-state index >= 15 is 0 Å². The fourth-order valence-corrected chi connectivity index (χ4v) is 3.58. The summed E-state index contributed by atoms with van der Waals surface area (Å²) in [4.78, 5) is 12.2. The van der Waals surface area contributed by atoms with Crippen LogP contribution in [-0.2, 0) is 16.8 Å². The minimum atomic E-state index is -1.10. The first-order valence-electron chi connectivity index (χ1n) is 6.59. The lowest BCUT2D eigenvalue weighted by atomic mass is 9.80. The zero-order valence-corrected chi connectivity index (χ0v) is 10.7. The number of rotatable bonds is 1. The summed E-state index contributed by atoms with van der Waals surface area (Å²) < 4.78 is 13.6. The van der Waals surface area contributed by atoms with Crippen LogP contribution in [-0.4, -0.2) is 5.91 Å². The number of carbonyl (C=O) groups is 1. The number of primary amides is 1. The Kier molecular flexibility index (Phi) is 2.13. The van der Waals surface area contributed by atoms with Gasteiger partial charge in [-0.2, -0.15) is 0 Å². The monoisotopic (exact) mass is 268 g/mol. The minimum absolute atomic E-state index is 0.0525. The summed E-state index contributed by atoms with van der Waals surface area (Å²) in [7, 11) is 0. The Balaban J connectivity index is 2.09. The van der Waals surface area contributed by atoms with Gasteiger partial charge in [-0.1, -0.05) is 30.3 Å². The molecule has 0 aliphatic carbocycles. The molecule has 0 aromatic heterocycles. The number of nitrogens with two attached hydrogens (primary N) is 1. The van der Waals surface area contributed by atoms with Crippen molar-refractivity contribution in [2.24, 2.45) is 5.73 Å². The standard InChI is InChI=1S/C16H13FN2O/c17-10-6-5-9-7-14-11-3-1-2-4-12(11)16(19-14,15(18)20)13(9)8-10/h1-6,8,14,19H,7H2,(H2,18,20). The largest absolute Gasteiger partial charge is 0.367 e. The molecule has 0 spiro atoms. The predicted octanol–water partition coefficient (Wildman–Crippen LogP) is 1.75. The maximum absolute atomic E-state index is 13.6. The summed E-state index contributed by atoms with van der Waals surface area (Å²) in [5, 5.41) is 3.31. The van der Waals surface area contributed by atoms with E-state index < -0.39 is 11.4 Å².